The fraction of sp³-hybridized carbons (Fsp3) is 0.605. The van der Waals surface area contributed by atoms with Crippen LogP contribution in [0.2, 0.25) is 0 Å². The second kappa shape index (κ2) is 13.3. The Hall–Kier alpha value is -3.19. The van der Waals surface area contributed by atoms with Gasteiger partial charge >= 0.3 is 5.97 Å². The zero-order valence-electron chi connectivity index (χ0n) is 27.6. The molecule has 1 spiro atoms. The standard InChI is InChI=1S/C38H50N2O5/c1-25(2)40(34(43)16-12-7-5-6-9-13-28-14-10-8-11-15-28)31-19-18-30-32-23-29-17-20-33(44-27(4)42)36-35(29)38(30,37(31)45-36)21-22-39(32)24-26(3)41/h8,10-11,14-15,17,20,25,30-32,37H,5-7,9,12-13,16,18-19,21-24H2,1-4H3/t30-,31+,32+,37-,38-/m0/s1. The Morgan fingerprint density at radius 2 is 1.76 bits per heavy atom. The number of aryl methyl sites for hydroxylation is 1. The van der Waals surface area contributed by atoms with Crippen LogP contribution in [0.4, 0.5) is 0 Å². The number of unbranched alkanes of at least 4 members (excludes halogenated alkanes) is 4. The van der Waals surface area contributed by atoms with Crippen molar-refractivity contribution in [1.82, 2.24) is 9.80 Å². The molecule has 2 aliphatic carbocycles. The van der Waals surface area contributed by atoms with Crippen molar-refractivity contribution >= 4 is 17.7 Å². The van der Waals surface area contributed by atoms with E-state index < -0.39 is 0 Å². The Labute approximate surface area is 268 Å². The number of rotatable bonds is 13. The molecule has 6 rings (SSSR count). The minimum absolute atomic E-state index is 0.0526. The number of piperidine rings is 1. The van der Waals surface area contributed by atoms with E-state index >= 15 is 0 Å². The molecule has 0 unspecified atom stereocenters. The van der Waals surface area contributed by atoms with Gasteiger partial charge in [-0.15, -0.1) is 0 Å². The van der Waals surface area contributed by atoms with Gasteiger partial charge in [0.05, 0.1) is 12.6 Å². The molecule has 4 aliphatic rings. The molecule has 7 heteroatoms. The molecule has 1 saturated carbocycles. The van der Waals surface area contributed by atoms with Crippen LogP contribution >= 0.6 is 0 Å². The van der Waals surface area contributed by atoms with Crippen LogP contribution in [0, 0.1) is 5.92 Å². The zero-order chi connectivity index (χ0) is 31.7. The van der Waals surface area contributed by atoms with Gasteiger partial charge in [0.2, 0.25) is 5.91 Å². The molecule has 1 saturated heterocycles. The lowest BCUT2D eigenvalue weighted by molar-refractivity contribution is -0.146. The maximum absolute atomic E-state index is 14.0. The summed E-state index contributed by atoms with van der Waals surface area (Å²) >= 11 is 0. The predicted octanol–water partition coefficient (Wildman–Crippen LogP) is 6.43. The van der Waals surface area contributed by atoms with Gasteiger partial charge in [0.25, 0.3) is 0 Å². The summed E-state index contributed by atoms with van der Waals surface area (Å²) in [6, 6.07) is 14.9. The number of esters is 1. The summed E-state index contributed by atoms with van der Waals surface area (Å²) in [7, 11) is 0. The first-order valence-electron chi connectivity index (χ1n) is 17.3. The molecular weight excluding hydrogens is 564 g/mol. The van der Waals surface area contributed by atoms with Crippen LogP contribution in [0.15, 0.2) is 42.5 Å². The van der Waals surface area contributed by atoms with Crippen molar-refractivity contribution in [3.8, 4) is 11.5 Å². The predicted molar refractivity (Wildman–Crippen MR) is 175 cm³/mol. The molecule has 45 heavy (non-hydrogen) atoms. The van der Waals surface area contributed by atoms with Crippen molar-refractivity contribution in [3.63, 3.8) is 0 Å². The van der Waals surface area contributed by atoms with Crippen molar-refractivity contribution < 1.29 is 23.9 Å². The van der Waals surface area contributed by atoms with Gasteiger partial charge < -0.3 is 14.4 Å². The van der Waals surface area contributed by atoms with Crippen LogP contribution in [-0.4, -0.2) is 64.8 Å². The van der Waals surface area contributed by atoms with Crippen LogP contribution in [0.5, 0.6) is 11.5 Å². The molecule has 2 aromatic rings. The molecule has 0 N–H and O–H groups in total. The van der Waals surface area contributed by atoms with E-state index in [9.17, 15) is 14.4 Å². The number of nitrogens with zero attached hydrogens (tertiary/aromatic N) is 2. The Bertz CT molecular complexity index is 1410. The summed E-state index contributed by atoms with van der Waals surface area (Å²) in [6.07, 6.45) is 10.6. The topological polar surface area (TPSA) is 76.2 Å². The number of likely N-dealkylation sites (tertiary alicyclic amines) is 1. The fourth-order valence-electron chi connectivity index (χ4n) is 9.36. The first-order valence-corrected chi connectivity index (χ1v) is 17.3. The number of carbonyl (C=O) groups excluding carboxylic acids is 3. The second-order valence-corrected chi connectivity index (χ2v) is 14.2. The highest BCUT2D eigenvalue weighted by Crippen LogP contribution is 2.64. The number of Topliss-reactive ketones (excluding diaryl/α,β-unsaturated/α-hetero) is 1. The second-order valence-electron chi connectivity index (χ2n) is 14.2. The molecule has 0 aromatic heterocycles. The number of hydrogen-bond acceptors (Lipinski definition) is 6. The van der Waals surface area contributed by atoms with Crippen molar-refractivity contribution in [3.05, 3.63) is 59.2 Å². The van der Waals surface area contributed by atoms with Gasteiger partial charge in [-0.25, -0.2) is 0 Å². The molecule has 2 fully saturated rings. The normalized spacial score (nSPS) is 26.2. The van der Waals surface area contributed by atoms with Crippen LogP contribution in [0.25, 0.3) is 0 Å². The SMILES string of the molecule is CC(=O)CN1CC[C@]23c4c5ccc(OC(C)=O)c4O[C@H]2[C@H](N(C(=O)CCCCCCCc2ccccc2)C(C)C)CC[C@H]3[C@H]1C5. The van der Waals surface area contributed by atoms with Gasteiger partial charge in [-0.1, -0.05) is 55.7 Å². The number of carbonyl (C=O) groups is 3. The van der Waals surface area contributed by atoms with E-state index in [1.54, 1.807) is 6.92 Å². The zero-order valence-corrected chi connectivity index (χ0v) is 27.6. The number of ether oxygens (including phenoxy) is 2. The Morgan fingerprint density at radius 3 is 2.49 bits per heavy atom. The molecule has 7 nitrogen and oxygen atoms in total. The number of ketones is 1. The summed E-state index contributed by atoms with van der Waals surface area (Å²) in [5.41, 5.74) is 3.57. The monoisotopic (exact) mass is 614 g/mol. The summed E-state index contributed by atoms with van der Waals surface area (Å²) < 4.78 is 12.7. The highest BCUT2D eigenvalue weighted by atomic mass is 16.6. The van der Waals surface area contributed by atoms with E-state index in [0.717, 1.165) is 57.9 Å². The van der Waals surface area contributed by atoms with Crippen molar-refractivity contribution in [2.24, 2.45) is 5.92 Å². The average Bonchev–Trinajstić information content (AvgIpc) is 3.35. The largest absolute Gasteiger partial charge is 0.483 e. The lowest BCUT2D eigenvalue weighted by Gasteiger charge is -2.60. The third-order valence-electron chi connectivity index (χ3n) is 11.0. The van der Waals surface area contributed by atoms with Crippen LogP contribution < -0.4 is 9.47 Å². The summed E-state index contributed by atoms with van der Waals surface area (Å²) in [5.74, 6) is 1.57. The highest BCUT2D eigenvalue weighted by Gasteiger charge is 2.66. The fourth-order valence-corrected chi connectivity index (χ4v) is 9.36. The van der Waals surface area contributed by atoms with Gasteiger partial charge in [0.1, 0.15) is 11.9 Å². The molecule has 0 radical (unpaired) electrons. The molecule has 242 valence electrons. The third kappa shape index (κ3) is 6.05. The maximum Gasteiger partial charge on any atom is 0.308 e. The lowest BCUT2D eigenvalue weighted by atomic mass is 9.51. The van der Waals surface area contributed by atoms with E-state index in [1.165, 1.54) is 36.5 Å². The Morgan fingerprint density at radius 1 is 1.00 bits per heavy atom. The van der Waals surface area contributed by atoms with E-state index in [0.29, 0.717) is 30.4 Å². The molecule has 2 heterocycles. The number of benzene rings is 2. The van der Waals surface area contributed by atoms with Crippen molar-refractivity contribution in [2.75, 3.05) is 13.1 Å². The van der Waals surface area contributed by atoms with Crippen molar-refractivity contribution in [2.45, 2.75) is 128 Å². The van der Waals surface area contributed by atoms with Crippen LogP contribution in [0.1, 0.15) is 102 Å². The van der Waals surface area contributed by atoms with E-state index in [-0.39, 0.29) is 47.3 Å². The summed E-state index contributed by atoms with van der Waals surface area (Å²) in [5, 5.41) is 0. The van der Waals surface area contributed by atoms with E-state index in [4.69, 9.17) is 9.47 Å². The summed E-state index contributed by atoms with van der Waals surface area (Å²) in [4.78, 5) is 42.8. The van der Waals surface area contributed by atoms with Crippen LogP contribution in [0.3, 0.4) is 0 Å². The van der Waals surface area contributed by atoms with Gasteiger partial charge in [-0.3, -0.25) is 19.3 Å². The molecular formula is C38H50N2O5. The highest BCUT2D eigenvalue weighted by molar-refractivity contribution is 5.78. The van der Waals surface area contributed by atoms with Gasteiger partial charge in [-0.05, 0) is 95.4 Å². The third-order valence-corrected chi connectivity index (χ3v) is 11.0. The van der Waals surface area contributed by atoms with Crippen LogP contribution in [-0.2, 0) is 32.6 Å². The molecule has 5 atom stereocenters. The van der Waals surface area contributed by atoms with Gasteiger partial charge in [-0.2, -0.15) is 0 Å². The smallest absolute Gasteiger partial charge is 0.308 e. The average molecular weight is 615 g/mol. The molecule has 1 amide bonds. The Kier molecular flexibility index (Phi) is 9.37. The quantitative estimate of drug-likeness (QED) is 0.147. The number of hydrogen-bond donors (Lipinski definition) is 0. The van der Waals surface area contributed by atoms with E-state index in [1.807, 2.05) is 6.07 Å². The van der Waals surface area contributed by atoms with Gasteiger partial charge in [0, 0.05) is 36.4 Å². The first kappa shape index (κ1) is 31.8. The van der Waals surface area contributed by atoms with Gasteiger partial charge in [0.15, 0.2) is 11.5 Å². The van der Waals surface area contributed by atoms with Crippen molar-refractivity contribution in [1.29, 1.82) is 0 Å². The minimum Gasteiger partial charge on any atom is -0.483 e. The lowest BCUT2D eigenvalue weighted by Crippen LogP contribution is -2.70. The molecule has 2 bridgehead atoms. The van der Waals surface area contributed by atoms with E-state index in [2.05, 4.69) is 60.0 Å². The summed E-state index contributed by atoms with van der Waals surface area (Å²) in [6.45, 7) is 8.66. The number of amides is 1. The minimum atomic E-state index is -0.362. The Balaban J connectivity index is 1.19. The molecule has 2 aromatic carbocycles. The maximum atomic E-state index is 14.0. The first-order chi connectivity index (χ1) is 21.7. The molecule has 2 aliphatic heterocycles.